The topological polar surface area (TPSA) is 85.3 Å². The van der Waals surface area contributed by atoms with Crippen molar-refractivity contribution < 1.29 is 28.9 Å². The molecule has 1 unspecified atom stereocenters. The lowest BCUT2D eigenvalue weighted by atomic mass is 9.95. The van der Waals surface area contributed by atoms with Crippen LogP contribution >= 0.6 is 23.2 Å². The van der Waals surface area contributed by atoms with Gasteiger partial charge < -0.3 is 24.2 Å². The second kappa shape index (κ2) is 11.9. The summed E-state index contributed by atoms with van der Waals surface area (Å²) in [5.41, 5.74) is 2.81. The Hall–Kier alpha value is -3.52. The zero-order valence-corrected chi connectivity index (χ0v) is 22.7. The maximum Gasteiger partial charge on any atom is 0.295 e. The van der Waals surface area contributed by atoms with E-state index >= 15 is 0 Å². The molecule has 3 aromatic carbocycles. The number of ether oxygens (including phenoxy) is 3. The van der Waals surface area contributed by atoms with Gasteiger partial charge in [0, 0.05) is 18.7 Å². The Labute approximate surface area is 231 Å². The van der Waals surface area contributed by atoms with Crippen LogP contribution in [0.25, 0.3) is 5.76 Å². The molecule has 1 saturated heterocycles. The van der Waals surface area contributed by atoms with Crippen LogP contribution in [0.1, 0.15) is 28.3 Å². The van der Waals surface area contributed by atoms with Gasteiger partial charge in [0.05, 0.1) is 35.9 Å². The molecule has 0 aromatic heterocycles. The van der Waals surface area contributed by atoms with Crippen LogP contribution in [0.3, 0.4) is 0 Å². The van der Waals surface area contributed by atoms with Crippen LogP contribution in [0, 0.1) is 6.92 Å². The summed E-state index contributed by atoms with van der Waals surface area (Å²) < 4.78 is 16.4. The van der Waals surface area contributed by atoms with Crippen LogP contribution in [-0.2, 0) is 20.9 Å². The van der Waals surface area contributed by atoms with E-state index in [9.17, 15) is 14.7 Å². The van der Waals surface area contributed by atoms with E-state index in [1.54, 1.807) is 24.3 Å². The Bertz CT molecular complexity index is 1370. The summed E-state index contributed by atoms with van der Waals surface area (Å²) >= 11 is 12.4. The molecule has 1 heterocycles. The van der Waals surface area contributed by atoms with Crippen molar-refractivity contribution >= 4 is 40.7 Å². The monoisotopic (exact) mass is 555 g/mol. The maximum absolute atomic E-state index is 13.2. The zero-order valence-electron chi connectivity index (χ0n) is 21.2. The van der Waals surface area contributed by atoms with Crippen LogP contribution < -0.4 is 9.47 Å². The Kier molecular flexibility index (Phi) is 8.62. The third kappa shape index (κ3) is 5.65. The average molecular weight is 556 g/mol. The summed E-state index contributed by atoms with van der Waals surface area (Å²) in [5, 5.41) is 11.7. The van der Waals surface area contributed by atoms with Crippen molar-refractivity contribution in [3.8, 4) is 11.5 Å². The smallest absolute Gasteiger partial charge is 0.295 e. The van der Waals surface area contributed by atoms with Gasteiger partial charge >= 0.3 is 0 Å². The number of hydrogen-bond acceptors (Lipinski definition) is 6. The normalized spacial score (nSPS) is 16.7. The van der Waals surface area contributed by atoms with Gasteiger partial charge in [0.2, 0.25) is 0 Å². The van der Waals surface area contributed by atoms with Crippen molar-refractivity contribution in [2.24, 2.45) is 0 Å². The fourth-order valence-electron chi connectivity index (χ4n) is 4.33. The summed E-state index contributed by atoms with van der Waals surface area (Å²) in [7, 11) is 2.89. The fraction of sp³-hybridized carbons (Fsp3) is 0.241. The van der Waals surface area contributed by atoms with E-state index in [-0.39, 0.29) is 40.1 Å². The SMILES string of the molecule is COCCN1C(=O)C(=O)/C(=C(/O)c2cc(Cl)cc(Cl)c2OC)C1c1ccc(OCc2ccc(C)cc2)cc1. The Morgan fingerprint density at radius 3 is 2.32 bits per heavy atom. The molecule has 0 spiro atoms. The van der Waals surface area contributed by atoms with Gasteiger partial charge in [0.1, 0.15) is 23.9 Å². The van der Waals surface area contributed by atoms with Crippen LogP contribution in [0.5, 0.6) is 11.5 Å². The summed E-state index contributed by atoms with van der Waals surface area (Å²) in [4.78, 5) is 27.6. The first-order valence-corrected chi connectivity index (χ1v) is 12.6. The molecule has 0 aliphatic carbocycles. The molecule has 4 rings (SSSR count). The van der Waals surface area contributed by atoms with E-state index < -0.39 is 23.5 Å². The number of aliphatic hydroxyl groups excluding tert-OH is 1. The highest BCUT2D eigenvalue weighted by Gasteiger charge is 2.46. The van der Waals surface area contributed by atoms with Gasteiger partial charge in [-0.05, 0) is 42.3 Å². The molecule has 198 valence electrons. The van der Waals surface area contributed by atoms with E-state index in [0.717, 1.165) is 5.56 Å². The first kappa shape index (κ1) is 27.5. The zero-order chi connectivity index (χ0) is 27.4. The maximum atomic E-state index is 13.2. The summed E-state index contributed by atoms with van der Waals surface area (Å²) in [6.45, 7) is 2.76. The van der Waals surface area contributed by atoms with Gasteiger partial charge in [-0.15, -0.1) is 0 Å². The van der Waals surface area contributed by atoms with Crippen molar-refractivity contribution in [2.75, 3.05) is 27.4 Å². The number of carbonyl (C=O) groups is 2. The number of ketones is 1. The number of carbonyl (C=O) groups excluding carboxylic acids is 2. The highest BCUT2D eigenvalue weighted by molar-refractivity contribution is 6.46. The molecule has 3 aromatic rings. The lowest BCUT2D eigenvalue weighted by molar-refractivity contribution is -0.140. The quantitative estimate of drug-likeness (QED) is 0.199. The molecule has 0 bridgehead atoms. The van der Waals surface area contributed by atoms with Gasteiger partial charge in [-0.25, -0.2) is 0 Å². The van der Waals surface area contributed by atoms with Gasteiger partial charge in [-0.1, -0.05) is 65.2 Å². The predicted molar refractivity (Wildman–Crippen MR) is 146 cm³/mol. The van der Waals surface area contributed by atoms with Crippen molar-refractivity contribution in [1.82, 2.24) is 4.90 Å². The fourth-order valence-corrected chi connectivity index (χ4v) is 4.90. The molecule has 38 heavy (non-hydrogen) atoms. The molecule has 7 nitrogen and oxygen atoms in total. The summed E-state index contributed by atoms with van der Waals surface area (Å²) in [6.07, 6.45) is 0. The molecule has 1 aliphatic rings. The number of rotatable bonds is 9. The first-order chi connectivity index (χ1) is 18.2. The van der Waals surface area contributed by atoms with Crippen molar-refractivity contribution in [3.05, 3.63) is 98.5 Å². The number of likely N-dealkylation sites (tertiary alicyclic amines) is 1. The first-order valence-electron chi connectivity index (χ1n) is 11.8. The number of Topliss-reactive ketones (excluding diaryl/α,β-unsaturated/α-hetero) is 1. The van der Waals surface area contributed by atoms with E-state index in [4.69, 9.17) is 37.4 Å². The number of benzene rings is 3. The molecule has 9 heteroatoms. The van der Waals surface area contributed by atoms with Gasteiger partial charge in [-0.2, -0.15) is 0 Å². The van der Waals surface area contributed by atoms with Crippen molar-refractivity contribution in [3.63, 3.8) is 0 Å². The lowest BCUT2D eigenvalue weighted by Gasteiger charge is -2.25. The van der Waals surface area contributed by atoms with E-state index in [0.29, 0.717) is 17.9 Å². The highest BCUT2D eigenvalue weighted by atomic mass is 35.5. The molecule has 1 fully saturated rings. The molecule has 0 saturated carbocycles. The largest absolute Gasteiger partial charge is 0.507 e. The third-order valence-electron chi connectivity index (χ3n) is 6.27. The number of nitrogens with zero attached hydrogens (tertiary/aromatic N) is 1. The number of hydrogen-bond donors (Lipinski definition) is 1. The predicted octanol–water partition coefficient (Wildman–Crippen LogP) is 5.96. The Balaban J connectivity index is 1.73. The minimum atomic E-state index is -0.876. The summed E-state index contributed by atoms with van der Waals surface area (Å²) in [6, 6.07) is 17.1. The highest BCUT2D eigenvalue weighted by Crippen LogP contribution is 2.43. The van der Waals surface area contributed by atoms with Crippen molar-refractivity contribution in [2.45, 2.75) is 19.6 Å². The number of aryl methyl sites for hydroxylation is 1. The van der Waals surface area contributed by atoms with Gasteiger partial charge in [0.25, 0.3) is 11.7 Å². The number of halogens is 2. The lowest BCUT2D eigenvalue weighted by Crippen LogP contribution is -2.32. The summed E-state index contributed by atoms with van der Waals surface area (Å²) in [5.74, 6) is -1.27. The molecular weight excluding hydrogens is 529 g/mol. The molecule has 1 atom stereocenters. The van der Waals surface area contributed by atoms with Gasteiger partial charge in [0.15, 0.2) is 0 Å². The van der Waals surface area contributed by atoms with Crippen LogP contribution in [0.15, 0.2) is 66.2 Å². The average Bonchev–Trinajstić information content (AvgIpc) is 3.16. The standard InChI is InChI=1S/C29H27Cl2NO6/c1-17-4-6-18(7-5-17)16-38-21-10-8-19(9-11-21)25-24(27(34)29(35)32(25)12-13-36-2)26(33)22-14-20(30)15-23(31)28(22)37-3/h4-11,14-15,25,33H,12-13,16H2,1-3H3/b26-24+. The Morgan fingerprint density at radius 2 is 1.68 bits per heavy atom. The third-order valence-corrected chi connectivity index (χ3v) is 6.76. The Morgan fingerprint density at radius 1 is 1.00 bits per heavy atom. The number of aliphatic hydroxyl groups is 1. The second-order valence-corrected chi connectivity index (χ2v) is 9.64. The number of amides is 1. The van der Waals surface area contributed by atoms with Crippen molar-refractivity contribution in [1.29, 1.82) is 0 Å². The second-order valence-electron chi connectivity index (χ2n) is 8.80. The van der Waals surface area contributed by atoms with Gasteiger partial charge in [-0.3, -0.25) is 9.59 Å². The van der Waals surface area contributed by atoms with Crippen LogP contribution in [-0.4, -0.2) is 49.1 Å². The molecule has 1 amide bonds. The minimum absolute atomic E-state index is 0.101. The van der Waals surface area contributed by atoms with Crippen LogP contribution in [0.4, 0.5) is 0 Å². The molecule has 1 aliphatic heterocycles. The molecule has 1 N–H and O–H groups in total. The van der Waals surface area contributed by atoms with E-state index in [1.165, 1.54) is 36.8 Å². The van der Waals surface area contributed by atoms with E-state index in [2.05, 4.69) is 0 Å². The molecule has 0 radical (unpaired) electrons. The molecular formula is C29H27Cl2NO6. The number of methoxy groups -OCH3 is 2. The minimum Gasteiger partial charge on any atom is -0.507 e. The van der Waals surface area contributed by atoms with E-state index in [1.807, 2.05) is 31.2 Å². The van der Waals surface area contributed by atoms with Crippen LogP contribution in [0.2, 0.25) is 10.0 Å².